The lowest BCUT2D eigenvalue weighted by atomic mass is 10.2. The van der Waals surface area contributed by atoms with Crippen molar-refractivity contribution in [2.75, 3.05) is 38.7 Å². The zero-order chi connectivity index (χ0) is 21.5. The minimum absolute atomic E-state index is 0. The van der Waals surface area contributed by atoms with Crippen LogP contribution in [0.25, 0.3) is 10.2 Å². The molecule has 0 saturated heterocycles. The first-order valence-electron chi connectivity index (χ1n) is 10.2. The van der Waals surface area contributed by atoms with Gasteiger partial charge < -0.3 is 9.64 Å². The van der Waals surface area contributed by atoms with Crippen molar-refractivity contribution in [1.29, 1.82) is 0 Å². The molecule has 1 amide bonds. The lowest BCUT2D eigenvalue weighted by Crippen LogP contribution is -2.36. The number of likely N-dealkylation sites (N-methyl/N-ethyl adjacent to an activating group) is 1. The summed E-state index contributed by atoms with van der Waals surface area (Å²) in [5.74, 6) is 0.750. The minimum atomic E-state index is -0.0486. The van der Waals surface area contributed by atoms with Crippen molar-refractivity contribution in [3.05, 3.63) is 52.5 Å². The molecule has 0 aliphatic rings. The highest BCUT2D eigenvalue weighted by Gasteiger charge is 2.21. The van der Waals surface area contributed by atoms with Crippen molar-refractivity contribution in [3.8, 4) is 5.75 Å². The average Bonchev–Trinajstić information content (AvgIpc) is 3.14. The number of ether oxygens (including phenoxy) is 1. The molecule has 0 spiro atoms. The average molecular weight is 527 g/mol. The van der Waals surface area contributed by atoms with Gasteiger partial charge in [0.05, 0.1) is 16.8 Å². The van der Waals surface area contributed by atoms with Crippen molar-refractivity contribution in [2.24, 2.45) is 0 Å². The normalized spacial score (nSPS) is 10.9. The predicted molar refractivity (Wildman–Crippen MR) is 136 cm³/mol. The third-order valence-corrected chi connectivity index (χ3v) is 6.24. The number of thiazole rings is 1. The van der Waals surface area contributed by atoms with Crippen molar-refractivity contribution >= 4 is 60.9 Å². The van der Waals surface area contributed by atoms with Crippen LogP contribution in [0.1, 0.15) is 36.5 Å². The molecule has 0 fully saturated rings. The van der Waals surface area contributed by atoms with Gasteiger partial charge in [0.2, 0.25) is 0 Å². The number of benzene rings is 2. The molecule has 5 nitrogen and oxygen atoms in total. The van der Waals surface area contributed by atoms with Crippen molar-refractivity contribution in [1.82, 2.24) is 9.88 Å². The van der Waals surface area contributed by atoms with Gasteiger partial charge in [0.15, 0.2) is 5.13 Å². The van der Waals surface area contributed by atoms with Gasteiger partial charge in [0.1, 0.15) is 5.75 Å². The van der Waals surface area contributed by atoms with Crippen LogP contribution in [-0.4, -0.2) is 49.6 Å². The number of hydrogen-bond acceptors (Lipinski definition) is 5. The fourth-order valence-corrected chi connectivity index (χ4v) is 4.52. The smallest absolute Gasteiger partial charge is 0.260 e. The lowest BCUT2D eigenvalue weighted by molar-refractivity contribution is 0.0985. The van der Waals surface area contributed by atoms with Gasteiger partial charge >= 0.3 is 0 Å². The van der Waals surface area contributed by atoms with Crippen molar-refractivity contribution in [3.63, 3.8) is 0 Å². The summed E-state index contributed by atoms with van der Waals surface area (Å²) < 4.78 is 7.83. The molecule has 0 unspecified atom stereocenters. The third kappa shape index (κ3) is 7.17. The fourth-order valence-electron chi connectivity index (χ4n) is 2.98. The Labute approximate surface area is 202 Å². The molecule has 1 aromatic heterocycles. The quantitative estimate of drug-likeness (QED) is 0.293. The molecule has 0 saturated carbocycles. The van der Waals surface area contributed by atoms with E-state index in [9.17, 15) is 4.79 Å². The molecule has 2 aromatic carbocycles. The van der Waals surface area contributed by atoms with Crippen LogP contribution in [0.2, 0.25) is 0 Å². The van der Waals surface area contributed by atoms with Crippen LogP contribution in [0.15, 0.2) is 46.9 Å². The number of amides is 1. The zero-order valence-electron chi connectivity index (χ0n) is 18.1. The van der Waals surface area contributed by atoms with Crippen LogP contribution in [-0.2, 0) is 0 Å². The van der Waals surface area contributed by atoms with Crippen molar-refractivity contribution in [2.45, 2.75) is 26.2 Å². The summed E-state index contributed by atoms with van der Waals surface area (Å²) in [6.07, 6.45) is 3.38. The minimum Gasteiger partial charge on any atom is -0.494 e. The second-order valence-corrected chi connectivity index (χ2v) is 9.37. The van der Waals surface area contributed by atoms with Gasteiger partial charge in [-0.3, -0.25) is 9.69 Å². The van der Waals surface area contributed by atoms with E-state index in [0.717, 1.165) is 45.0 Å². The van der Waals surface area contributed by atoms with Gasteiger partial charge in [-0.2, -0.15) is 0 Å². The number of halogens is 2. The summed E-state index contributed by atoms with van der Waals surface area (Å²) in [5.41, 5.74) is 1.53. The highest BCUT2D eigenvalue weighted by Crippen LogP contribution is 2.31. The first kappa shape index (κ1) is 25.6. The SMILES string of the molecule is CCCCCOc1ccc(C(=O)N(CCN(C)C)c2nc3ccc(Br)cc3s2)cc1.Cl. The fraction of sp³-hybridized carbons (Fsp3) is 0.391. The molecule has 0 aliphatic heterocycles. The van der Waals surface area contributed by atoms with Gasteiger partial charge in [-0.25, -0.2) is 4.98 Å². The maximum absolute atomic E-state index is 13.3. The number of carbonyl (C=O) groups excluding carboxylic acids is 1. The first-order chi connectivity index (χ1) is 14.5. The second-order valence-electron chi connectivity index (χ2n) is 7.45. The van der Waals surface area contributed by atoms with E-state index in [2.05, 4.69) is 27.8 Å². The summed E-state index contributed by atoms with van der Waals surface area (Å²) in [4.78, 5) is 21.9. The Bertz CT molecular complexity index is 979. The Kier molecular flexibility index (Phi) is 10.2. The Balaban J connectivity index is 0.00000341. The molecule has 0 radical (unpaired) electrons. The molecular formula is C23H29BrClN3O2S. The van der Waals surface area contributed by atoms with E-state index in [0.29, 0.717) is 18.7 Å². The molecule has 0 aliphatic carbocycles. The summed E-state index contributed by atoms with van der Waals surface area (Å²) in [6, 6.07) is 13.4. The van der Waals surface area contributed by atoms with Gasteiger partial charge in [0.25, 0.3) is 5.91 Å². The third-order valence-electron chi connectivity index (χ3n) is 4.70. The van der Waals surface area contributed by atoms with E-state index < -0.39 is 0 Å². The Morgan fingerprint density at radius 3 is 2.52 bits per heavy atom. The van der Waals surface area contributed by atoms with Crippen LogP contribution in [0.4, 0.5) is 5.13 Å². The maximum Gasteiger partial charge on any atom is 0.260 e. The second kappa shape index (κ2) is 12.4. The van der Waals surface area contributed by atoms with Crippen LogP contribution < -0.4 is 9.64 Å². The number of nitrogens with zero attached hydrogens (tertiary/aromatic N) is 3. The number of carbonyl (C=O) groups is 1. The van der Waals surface area contributed by atoms with E-state index >= 15 is 0 Å². The number of hydrogen-bond donors (Lipinski definition) is 0. The molecule has 1 heterocycles. The Morgan fingerprint density at radius 2 is 1.84 bits per heavy atom. The van der Waals surface area contributed by atoms with Crippen LogP contribution >= 0.6 is 39.7 Å². The number of unbranched alkanes of at least 4 members (excludes halogenated alkanes) is 2. The van der Waals surface area contributed by atoms with Gasteiger partial charge in [-0.05, 0) is 63.0 Å². The standard InChI is InChI=1S/C23H28BrN3O2S.ClH/c1-4-5-6-15-29-19-10-7-17(8-11-19)22(28)27(14-13-26(2)3)23-25-20-12-9-18(24)16-21(20)30-23;/h7-12,16H,4-6,13-15H2,1-3H3;1H. The van der Waals surface area contributed by atoms with Gasteiger partial charge in [0, 0.05) is 23.1 Å². The largest absolute Gasteiger partial charge is 0.494 e. The Hall–Kier alpha value is -1.67. The van der Waals surface area contributed by atoms with E-state index in [1.807, 2.05) is 56.6 Å². The number of aromatic nitrogens is 1. The topological polar surface area (TPSA) is 45.7 Å². The van der Waals surface area contributed by atoms with Crippen molar-refractivity contribution < 1.29 is 9.53 Å². The molecule has 8 heteroatoms. The molecule has 0 bridgehead atoms. The molecular weight excluding hydrogens is 498 g/mol. The van der Waals surface area contributed by atoms with E-state index in [1.54, 1.807) is 4.90 Å². The number of fused-ring (bicyclic) bond motifs is 1. The van der Waals surface area contributed by atoms with E-state index in [-0.39, 0.29) is 18.3 Å². The Morgan fingerprint density at radius 1 is 1.10 bits per heavy atom. The monoisotopic (exact) mass is 525 g/mol. The van der Waals surface area contributed by atoms with Crippen LogP contribution in [0, 0.1) is 0 Å². The summed E-state index contributed by atoms with van der Waals surface area (Å²) >= 11 is 5.04. The maximum atomic E-state index is 13.3. The number of rotatable bonds is 10. The summed E-state index contributed by atoms with van der Waals surface area (Å²) in [5, 5.41) is 0.717. The zero-order valence-corrected chi connectivity index (χ0v) is 21.4. The lowest BCUT2D eigenvalue weighted by Gasteiger charge is -2.22. The summed E-state index contributed by atoms with van der Waals surface area (Å²) in [7, 11) is 4.01. The van der Waals surface area contributed by atoms with Crippen LogP contribution in [0.3, 0.4) is 0 Å². The molecule has 3 rings (SSSR count). The molecule has 3 aromatic rings. The number of anilines is 1. The first-order valence-corrected chi connectivity index (χ1v) is 11.8. The van der Waals surface area contributed by atoms with E-state index in [1.165, 1.54) is 17.8 Å². The predicted octanol–water partition coefficient (Wildman–Crippen LogP) is 6.26. The highest BCUT2D eigenvalue weighted by molar-refractivity contribution is 9.10. The highest BCUT2D eigenvalue weighted by atomic mass is 79.9. The molecule has 0 N–H and O–H groups in total. The van der Waals surface area contributed by atoms with Gasteiger partial charge in [-0.15, -0.1) is 12.4 Å². The molecule has 0 atom stereocenters. The van der Waals surface area contributed by atoms with Gasteiger partial charge in [-0.1, -0.05) is 47.0 Å². The van der Waals surface area contributed by atoms with Crippen LogP contribution in [0.5, 0.6) is 5.75 Å². The summed E-state index contributed by atoms with van der Waals surface area (Å²) in [6.45, 7) is 4.20. The molecule has 168 valence electrons. The molecule has 31 heavy (non-hydrogen) atoms. The van der Waals surface area contributed by atoms with E-state index in [4.69, 9.17) is 9.72 Å².